The third-order valence-electron chi connectivity index (χ3n) is 5.01. The van der Waals surface area contributed by atoms with Crippen molar-refractivity contribution in [1.82, 2.24) is 0 Å². The van der Waals surface area contributed by atoms with Gasteiger partial charge >= 0.3 is 0 Å². The Labute approximate surface area is 123 Å². The van der Waals surface area contributed by atoms with E-state index in [1.165, 1.54) is 27.6 Å². The minimum absolute atomic E-state index is 0.108. The molecule has 0 aromatic heterocycles. The molecule has 2 atom stereocenters. The molecule has 20 heavy (non-hydrogen) atoms. The molecular weight excluding hydrogens is 282 g/mol. The molecule has 1 nitrogen and oxygen atoms in total. The molecule has 1 spiro atoms. The van der Waals surface area contributed by atoms with Crippen molar-refractivity contribution in [2.24, 2.45) is 0 Å². The Morgan fingerprint density at radius 2 is 1.60 bits per heavy atom. The summed E-state index contributed by atoms with van der Waals surface area (Å²) in [7, 11) is 3.06. The molecule has 2 aliphatic rings. The molecule has 0 heterocycles. The van der Waals surface area contributed by atoms with Gasteiger partial charge in [-0.15, -0.1) is 9.24 Å². The third kappa shape index (κ3) is 1.54. The lowest BCUT2D eigenvalue weighted by atomic mass is 9.76. The Hall–Kier alpha value is -1.03. The number of hydrogen-bond acceptors (Lipinski definition) is 1. The van der Waals surface area contributed by atoms with Crippen LogP contribution in [0.3, 0.4) is 0 Å². The van der Waals surface area contributed by atoms with Crippen LogP contribution < -0.4 is 10.6 Å². The Morgan fingerprint density at radius 1 is 0.950 bits per heavy atom. The first kappa shape index (κ1) is 12.7. The number of rotatable bonds is 1. The SMILES string of the molecule is O=Pc1cccc2c1[C@@]1(CCc3cccc(P)c31)CC2. The first-order valence-electron chi connectivity index (χ1n) is 7.10. The van der Waals surface area contributed by atoms with Gasteiger partial charge in [-0.25, -0.2) is 0 Å². The van der Waals surface area contributed by atoms with Crippen molar-refractivity contribution in [1.29, 1.82) is 0 Å². The van der Waals surface area contributed by atoms with Crippen LogP contribution in [0.2, 0.25) is 0 Å². The maximum absolute atomic E-state index is 11.6. The van der Waals surface area contributed by atoms with E-state index in [9.17, 15) is 4.57 Å². The van der Waals surface area contributed by atoms with Crippen molar-refractivity contribution in [2.75, 3.05) is 0 Å². The second kappa shape index (κ2) is 4.48. The largest absolute Gasteiger partial charge is 0.269 e. The second-order valence-corrected chi connectivity index (χ2v) is 7.15. The number of benzene rings is 2. The predicted octanol–water partition coefficient (Wildman–Crippen LogP) is 3.28. The molecule has 2 aromatic carbocycles. The van der Waals surface area contributed by atoms with Crippen LogP contribution in [0.1, 0.15) is 35.1 Å². The fraction of sp³-hybridized carbons (Fsp3) is 0.294. The normalized spacial score (nSPS) is 23.2. The molecule has 0 saturated carbocycles. The van der Waals surface area contributed by atoms with Gasteiger partial charge in [0, 0.05) is 10.7 Å². The van der Waals surface area contributed by atoms with E-state index in [1.54, 1.807) is 0 Å². The second-order valence-electron chi connectivity index (χ2n) is 5.87. The Bertz CT molecular complexity index is 719. The molecule has 2 aliphatic carbocycles. The Morgan fingerprint density at radius 3 is 2.30 bits per heavy atom. The fourth-order valence-electron chi connectivity index (χ4n) is 4.28. The zero-order valence-electron chi connectivity index (χ0n) is 11.2. The van der Waals surface area contributed by atoms with Gasteiger partial charge in [0.05, 0.1) is 0 Å². The van der Waals surface area contributed by atoms with Crippen molar-refractivity contribution < 1.29 is 4.57 Å². The molecule has 0 fully saturated rings. The lowest BCUT2D eigenvalue weighted by Gasteiger charge is -2.29. The monoisotopic (exact) mass is 298 g/mol. The molecule has 0 radical (unpaired) electrons. The van der Waals surface area contributed by atoms with Crippen molar-refractivity contribution in [3.63, 3.8) is 0 Å². The molecule has 4 rings (SSSR count). The summed E-state index contributed by atoms with van der Waals surface area (Å²) in [5.41, 5.74) is 5.82. The van der Waals surface area contributed by atoms with Crippen LogP contribution in [0.15, 0.2) is 36.4 Å². The molecule has 0 amide bonds. The summed E-state index contributed by atoms with van der Waals surface area (Å²) in [5, 5.41) is 2.30. The van der Waals surface area contributed by atoms with E-state index >= 15 is 0 Å². The van der Waals surface area contributed by atoms with Gasteiger partial charge in [0.15, 0.2) is 8.46 Å². The summed E-state index contributed by atoms with van der Waals surface area (Å²) in [6.45, 7) is 0. The zero-order chi connectivity index (χ0) is 13.7. The average molecular weight is 298 g/mol. The van der Waals surface area contributed by atoms with Crippen LogP contribution in [0.25, 0.3) is 0 Å². The average Bonchev–Trinajstić information content (AvgIpc) is 3.03. The molecule has 3 heteroatoms. The molecule has 2 aromatic rings. The first-order chi connectivity index (χ1) is 9.76. The number of aryl methyl sites for hydroxylation is 2. The first-order valence-corrected chi connectivity index (χ1v) is 8.49. The maximum atomic E-state index is 11.6. The fourth-order valence-corrected chi connectivity index (χ4v) is 5.45. The molecule has 1 unspecified atom stereocenters. The lowest BCUT2D eigenvalue weighted by molar-refractivity contribution is 0.511. The molecule has 0 aliphatic heterocycles. The highest BCUT2D eigenvalue weighted by molar-refractivity contribution is 7.34. The van der Waals surface area contributed by atoms with Crippen molar-refractivity contribution >= 4 is 28.3 Å². The van der Waals surface area contributed by atoms with Gasteiger partial charge in [0.1, 0.15) is 0 Å². The van der Waals surface area contributed by atoms with E-state index in [-0.39, 0.29) is 13.9 Å². The van der Waals surface area contributed by atoms with Gasteiger partial charge in [-0.05, 0) is 59.3 Å². The van der Waals surface area contributed by atoms with E-state index in [0.717, 1.165) is 31.0 Å². The highest BCUT2D eigenvalue weighted by Crippen LogP contribution is 2.51. The van der Waals surface area contributed by atoms with E-state index < -0.39 is 0 Å². The highest BCUT2D eigenvalue weighted by atomic mass is 31.1. The van der Waals surface area contributed by atoms with Crippen LogP contribution in [-0.2, 0) is 22.8 Å². The molecule has 100 valence electrons. The van der Waals surface area contributed by atoms with Crippen LogP contribution in [0.4, 0.5) is 0 Å². The van der Waals surface area contributed by atoms with E-state index in [1.807, 2.05) is 12.1 Å². The molecule has 0 saturated heterocycles. The van der Waals surface area contributed by atoms with Gasteiger partial charge in [-0.2, -0.15) is 0 Å². The summed E-state index contributed by atoms with van der Waals surface area (Å²) < 4.78 is 11.6. The predicted molar refractivity (Wildman–Crippen MR) is 86.9 cm³/mol. The van der Waals surface area contributed by atoms with E-state index in [0.29, 0.717) is 0 Å². The van der Waals surface area contributed by atoms with Crippen LogP contribution in [0.5, 0.6) is 0 Å². The van der Waals surface area contributed by atoms with Crippen molar-refractivity contribution in [3.8, 4) is 0 Å². The van der Waals surface area contributed by atoms with Gasteiger partial charge in [-0.3, -0.25) is 4.57 Å². The molecule has 0 bridgehead atoms. The summed E-state index contributed by atoms with van der Waals surface area (Å²) in [5.74, 6) is 0. The van der Waals surface area contributed by atoms with E-state index in [2.05, 4.69) is 33.5 Å². The highest BCUT2D eigenvalue weighted by Gasteiger charge is 2.46. The maximum Gasteiger partial charge on any atom is 0.192 e. The van der Waals surface area contributed by atoms with Gasteiger partial charge < -0.3 is 0 Å². The van der Waals surface area contributed by atoms with Crippen LogP contribution >= 0.6 is 17.7 Å². The van der Waals surface area contributed by atoms with E-state index in [4.69, 9.17) is 0 Å². The topological polar surface area (TPSA) is 17.1 Å². The van der Waals surface area contributed by atoms with Gasteiger partial charge in [-0.1, -0.05) is 30.3 Å². The molecular formula is C17H16OP2. The summed E-state index contributed by atoms with van der Waals surface area (Å²) >= 11 is 0. The summed E-state index contributed by atoms with van der Waals surface area (Å²) in [4.78, 5) is 0. The van der Waals surface area contributed by atoms with Gasteiger partial charge in [0.25, 0.3) is 0 Å². The van der Waals surface area contributed by atoms with Crippen LogP contribution in [-0.4, -0.2) is 0 Å². The standard InChI is InChI=1S/C17H16OP2/c18-20-14-6-2-4-12-8-10-17(16(12)14)9-7-11-3-1-5-13(19)15(11)17/h1-6H,7-10,19H2/t17-/m0/s1. The zero-order valence-corrected chi connectivity index (χ0v) is 13.3. The lowest BCUT2D eigenvalue weighted by Crippen LogP contribution is -2.29. The molecule has 0 N–H and O–H groups in total. The van der Waals surface area contributed by atoms with Crippen molar-refractivity contribution in [2.45, 2.75) is 31.1 Å². The van der Waals surface area contributed by atoms with Crippen molar-refractivity contribution in [3.05, 3.63) is 58.7 Å². The number of hydrogen-bond donors (Lipinski definition) is 0. The quantitative estimate of drug-likeness (QED) is 0.738. The summed E-state index contributed by atoms with van der Waals surface area (Å²) in [6, 6.07) is 12.9. The third-order valence-corrected chi connectivity index (χ3v) is 6.06. The Balaban J connectivity index is 2.04. The minimum atomic E-state index is 0.108. The van der Waals surface area contributed by atoms with Gasteiger partial charge in [0.2, 0.25) is 0 Å². The Kier molecular flexibility index (Phi) is 2.85. The smallest absolute Gasteiger partial charge is 0.192 e. The minimum Gasteiger partial charge on any atom is -0.269 e. The summed E-state index contributed by atoms with van der Waals surface area (Å²) in [6.07, 6.45) is 4.57. The number of fused-ring (bicyclic) bond motifs is 4. The van der Waals surface area contributed by atoms with Crippen LogP contribution in [0, 0.1) is 0 Å².